The van der Waals surface area contributed by atoms with Crippen molar-refractivity contribution in [2.24, 2.45) is 0 Å². The molecule has 24 heavy (non-hydrogen) atoms. The number of nitrogens with one attached hydrogen (secondary N) is 1. The van der Waals surface area contributed by atoms with Gasteiger partial charge in [-0.25, -0.2) is 12.8 Å². The first-order valence-electron chi connectivity index (χ1n) is 7.50. The highest BCUT2D eigenvalue weighted by molar-refractivity contribution is 7.89. The zero-order valence-corrected chi connectivity index (χ0v) is 14.2. The van der Waals surface area contributed by atoms with E-state index in [1.165, 1.54) is 28.6 Å². The van der Waals surface area contributed by atoms with Crippen LogP contribution in [0.15, 0.2) is 47.4 Å². The third-order valence-electron chi connectivity index (χ3n) is 4.35. The standard InChI is InChI=1S/C17H14ClFN2O2S/c18-11-1-4-13(5-2-11)24(22,23)21-8-7-17-15(10-21)14-9-12(19)3-6-16(14)20-17/h1-6,9,20H,7-8,10H2. The van der Waals surface area contributed by atoms with Crippen LogP contribution in [0.5, 0.6) is 0 Å². The molecule has 1 aliphatic heterocycles. The number of fused-ring (bicyclic) bond motifs is 3. The van der Waals surface area contributed by atoms with Gasteiger partial charge in [-0.2, -0.15) is 4.31 Å². The summed E-state index contributed by atoms with van der Waals surface area (Å²) >= 11 is 5.83. The van der Waals surface area contributed by atoms with Crippen molar-refractivity contribution < 1.29 is 12.8 Å². The summed E-state index contributed by atoms with van der Waals surface area (Å²) in [5, 5.41) is 1.22. The van der Waals surface area contributed by atoms with Crippen molar-refractivity contribution in [3.8, 4) is 0 Å². The van der Waals surface area contributed by atoms with Crippen LogP contribution in [0, 0.1) is 5.82 Å². The minimum absolute atomic E-state index is 0.210. The molecule has 2 heterocycles. The third-order valence-corrected chi connectivity index (χ3v) is 6.47. The number of hydrogen-bond acceptors (Lipinski definition) is 2. The fourth-order valence-corrected chi connectivity index (χ4v) is 4.66. The molecule has 1 N–H and O–H groups in total. The van der Waals surface area contributed by atoms with E-state index in [0.717, 1.165) is 22.2 Å². The smallest absolute Gasteiger partial charge is 0.243 e. The lowest BCUT2D eigenvalue weighted by molar-refractivity contribution is 0.391. The number of hydrogen-bond donors (Lipinski definition) is 1. The predicted molar refractivity (Wildman–Crippen MR) is 91.0 cm³/mol. The normalized spacial score (nSPS) is 15.6. The Balaban J connectivity index is 1.74. The molecule has 0 bridgehead atoms. The number of rotatable bonds is 2. The molecular formula is C17H14ClFN2O2S. The molecule has 1 aromatic heterocycles. The first kappa shape index (κ1) is 15.6. The second-order valence-electron chi connectivity index (χ2n) is 5.81. The van der Waals surface area contributed by atoms with E-state index in [2.05, 4.69) is 4.98 Å². The van der Waals surface area contributed by atoms with Gasteiger partial charge in [-0.05, 0) is 48.0 Å². The maximum Gasteiger partial charge on any atom is 0.243 e. The number of nitrogens with zero attached hydrogens (tertiary/aromatic N) is 1. The van der Waals surface area contributed by atoms with Crippen molar-refractivity contribution in [3.05, 3.63) is 64.6 Å². The van der Waals surface area contributed by atoms with Gasteiger partial charge >= 0.3 is 0 Å². The quantitative estimate of drug-likeness (QED) is 0.753. The van der Waals surface area contributed by atoms with Crippen LogP contribution in [0.25, 0.3) is 10.9 Å². The third kappa shape index (κ3) is 2.51. The van der Waals surface area contributed by atoms with Crippen LogP contribution in [0.2, 0.25) is 5.02 Å². The molecule has 0 spiro atoms. The number of H-pyrrole nitrogens is 1. The molecule has 4 nitrogen and oxygen atoms in total. The van der Waals surface area contributed by atoms with E-state index >= 15 is 0 Å². The summed E-state index contributed by atoms with van der Waals surface area (Å²) in [6.45, 7) is 0.608. The van der Waals surface area contributed by atoms with Gasteiger partial charge in [0, 0.05) is 41.1 Å². The van der Waals surface area contributed by atoms with Crippen molar-refractivity contribution in [1.82, 2.24) is 9.29 Å². The molecule has 1 aliphatic rings. The Morgan fingerprint density at radius 2 is 1.88 bits per heavy atom. The first-order chi connectivity index (χ1) is 11.4. The lowest BCUT2D eigenvalue weighted by atomic mass is 10.1. The van der Waals surface area contributed by atoms with Gasteiger partial charge in [-0.15, -0.1) is 0 Å². The Bertz CT molecular complexity index is 1030. The lowest BCUT2D eigenvalue weighted by Crippen LogP contribution is -2.35. The minimum Gasteiger partial charge on any atom is -0.358 e. The van der Waals surface area contributed by atoms with Crippen molar-refractivity contribution in [3.63, 3.8) is 0 Å². The zero-order chi connectivity index (χ0) is 16.9. The van der Waals surface area contributed by atoms with Crippen LogP contribution >= 0.6 is 11.6 Å². The average molecular weight is 365 g/mol. The monoisotopic (exact) mass is 364 g/mol. The maximum absolute atomic E-state index is 13.6. The molecule has 0 saturated heterocycles. The van der Waals surface area contributed by atoms with E-state index in [1.807, 2.05) is 0 Å². The second kappa shape index (κ2) is 5.58. The average Bonchev–Trinajstić information content (AvgIpc) is 2.92. The molecule has 0 unspecified atom stereocenters. The van der Waals surface area contributed by atoms with Crippen molar-refractivity contribution in [2.75, 3.05) is 6.54 Å². The van der Waals surface area contributed by atoms with E-state index in [9.17, 15) is 12.8 Å². The van der Waals surface area contributed by atoms with E-state index in [0.29, 0.717) is 18.0 Å². The van der Waals surface area contributed by atoms with Crippen LogP contribution in [0.3, 0.4) is 0 Å². The molecule has 2 aromatic carbocycles. The zero-order valence-electron chi connectivity index (χ0n) is 12.6. The van der Waals surface area contributed by atoms with Crippen LogP contribution in [-0.4, -0.2) is 24.3 Å². The number of aromatic amines is 1. The highest BCUT2D eigenvalue weighted by Crippen LogP contribution is 2.31. The van der Waals surface area contributed by atoms with Crippen LogP contribution in [0.4, 0.5) is 4.39 Å². The van der Waals surface area contributed by atoms with E-state index in [4.69, 9.17) is 11.6 Å². The van der Waals surface area contributed by atoms with Gasteiger partial charge in [0.1, 0.15) is 5.82 Å². The molecule has 0 saturated carbocycles. The summed E-state index contributed by atoms with van der Waals surface area (Å²) < 4.78 is 40.7. The van der Waals surface area contributed by atoms with Gasteiger partial charge in [0.15, 0.2) is 0 Å². The van der Waals surface area contributed by atoms with Gasteiger partial charge < -0.3 is 4.98 Å². The Kier molecular flexibility index (Phi) is 3.63. The molecule has 0 atom stereocenters. The largest absolute Gasteiger partial charge is 0.358 e. The number of sulfonamides is 1. The lowest BCUT2D eigenvalue weighted by Gasteiger charge is -2.26. The number of aromatic nitrogens is 1. The molecule has 0 aliphatic carbocycles. The predicted octanol–water partition coefficient (Wildman–Crippen LogP) is 3.71. The fraction of sp³-hybridized carbons (Fsp3) is 0.176. The SMILES string of the molecule is O=S(=O)(c1ccc(Cl)cc1)N1CCc2[nH]c3ccc(F)cc3c2C1. The Morgan fingerprint density at radius 1 is 1.12 bits per heavy atom. The summed E-state index contributed by atoms with van der Waals surface area (Å²) in [4.78, 5) is 3.47. The molecule has 3 aromatic rings. The second-order valence-corrected chi connectivity index (χ2v) is 8.19. The summed E-state index contributed by atoms with van der Waals surface area (Å²) in [5.74, 6) is -0.331. The van der Waals surface area contributed by atoms with Crippen molar-refractivity contribution in [1.29, 1.82) is 0 Å². The van der Waals surface area contributed by atoms with Gasteiger partial charge in [-0.1, -0.05) is 11.6 Å². The molecular weight excluding hydrogens is 351 g/mol. The molecule has 0 fully saturated rings. The molecule has 4 rings (SSSR count). The van der Waals surface area contributed by atoms with Crippen LogP contribution in [0.1, 0.15) is 11.3 Å². The Morgan fingerprint density at radius 3 is 2.62 bits per heavy atom. The van der Waals surface area contributed by atoms with Crippen molar-refractivity contribution >= 4 is 32.5 Å². The fourth-order valence-electron chi connectivity index (χ4n) is 3.12. The van der Waals surface area contributed by atoms with Crippen molar-refractivity contribution in [2.45, 2.75) is 17.9 Å². The number of benzene rings is 2. The van der Waals surface area contributed by atoms with Gasteiger partial charge in [0.2, 0.25) is 10.0 Å². The number of halogens is 2. The summed E-state index contributed by atoms with van der Waals surface area (Å²) in [6, 6.07) is 10.6. The summed E-state index contributed by atoms with van der Waals surface area (Å²) in [6.07, 6.45) is 0.568. The highest BCUT2D eigenvalue weighted by Gasteiger charge is 2.30. The first-order valence-corrected chi connectivity index (χ1v) is 9.31. The van der Waals surface area contributed by atoms with Crippen LogP contribution < -0.4 is 0 Å². The maximum atomic E-state index is 13.6. The summed E-state index contributed by atoms with van der Waals surface area (Å²) in [7, 11) is -3.61. The Labute approximate surface area is 143 Å². The van der Waals surface area contributed by atoms with Gasteiger partial charge in [0.05, 0.1) is 4.90 Å². The van der Waals surface area contributed by atoms with Gasteiger partial charge in [0.25, 0.3) is 0 Å². The molecule has 0 amide bonds. The summed E-state index contributed by atoms with van der Waals surface area (Å²) in [5.41, 5.74) is 2.64. The molecule has 124 valence electrons. The van der Waals surface area contributed by atoms with Crippen LogP contribution in [-0.2, 0) is 23.0 Å². The Hall–Kier alpha value is -1.89. The van der Waals surface area contributed by atoms with E-state index in [-0.39, 0.29) is 17.3 Å². The highest BCUT2D eigenvalue weighted by atomic mass is 35.5. The minimum atomic E-state index is -3.61. The van der Waals surface area contributed by atoms with E-state index < -0.39 is 10.0 Å². The topological polar surface area (TPSA) is 53.2 Å². The van der Waals surface area contributed by atoms with Gasteiger partial charge in [-0.3, -0.25) is 0 Å². The van der Waals surface area contributed by atoms with E-state index in [1.54, 1.807) is 18.2 Å². The molecule has 7 heteroatoms. The molecule has 0 radical (unpaired) electrons.